The molecule has 2 N–H and O–H groups in total. The van der Waals surface area contributed by atoms with Crippen molar-refractivity contribution >= 4 is 80.4 Å². The number of nitrogens with zero attached hydrogens (tertiary/aromatic N) is 1. The Morgan fingerprint density at radius 3 is 2.59 bits per heavy atom. The van der Waals surface area contributed by atoms with Gasteiger partial charge in [-0.1, -0.05) is 18.7 Å². The first-order chi connectivity index (χ1) is 10.7. The summed E-state index contributed by atoms with van der Waals surface area (Å²) in [5, 5.41) is 14.2. The number of carbonyl (C=O) groups excluding carboxylic acids is 1. The molecule has 11 heteroatoms. The molecule has 0 aliphatic rings. The molecule has 22 heavy (non-hydrogen) atoms. The maximum Gasteiger partial charge on any atom is 0.279 e. The Labute approximate surface area is 156 Å². The van der Waals surface area contributed by atoms with Gasteiger partial charge in [-0.25, -0.2) is 0 Å². The van der Waals surface area contributed by atoms with Crippen LogP contribution in [0.2, 0.25) is 0 Å². The molecule has 1 amide bonds. The molecule has 0 fully saturated rings. The van der Waals surface area contributed by atoms with Crippen LogP contribution in [0.4, 0.5) is 4.79 Å². The van der Waals surface area contributed by atoms with E-state index in [2.05, 4.69) is 10.3 Å². The molecule has 1 unspecified atom stereocenters. The van der Waals surface area contributed by atoms with Crippen LogP contribution in [-0.4, -0.2) is 65.2 Å². The molecule has 0 saturated carbocycles. The van der Waals surface area contributed by atoms with Crippen LogP contribution in [0.15, 0.2) is 4.99 Å². The Morgan fingerprint density at radius 2 is 1.91 bits per heavy atom. The predicted molar refractivity (Wildman–Crippen MR) is 110 cm³/mol. The molecule has 0 rings (SSSR count). The normalized spacial score (nSPS) is 12.6. The molecule has 0 saturated heterocycles. The van der Waals surface area contributed by atoms with Gasteiger partial charge in [0.15, 0.2) is 0 Å². The van der Waals surface area contributed by atoms with E-state index < -0.39 is 10.8 Å². The molecule has 0 aromatic carbocycles. The summed E-state index contributed by atoms with van der Waals surface area (Å²) in [6, 6.07) is 0. The molecule has 0 aromatic rings. The maximum absolute atomic E-state index is 11.2. The largest absolute Gasteiger partial charge is 0.396 e. The van der Waals surface area contributed by atoms with Crippen molar-refractivity contribution in [2.45, 2.75) is 6.92 Å². The topological polar surface area (TPSA) is 78.8 Å². The van der Waals surface area contributed by atoms with Crippen LogP contribution >= 0.6 is 58.8 Å². The average molecular weight is 423 g/mol. The van der Waals surface area contributed by atoms with E-state index in [1.165, 1.54) is 5.55 Å². The summed E-state index contributed by atoms with van der Waals surface area (Å²) in [6.45, 7) is 1.90. The van der Waals surface area contributed by atoms with Gasteiger partial charge < -0.3 is 10.4 Å². The third kappa shape index (κ3) is 17.4. The van der Waals surface area contributed by atoms with Gasteiger partial charge in [0.2, 0.25) is 0 Å². The Kier molecular flexibility index (Phi) is 19.2. The Hall–Kier alpha value is 1.000. The predicted octanol–water partition coefficient (Wildman–Crippen LogP) is 2.94. The second-order valence-corrected chi connectivity index (χ2v) is 11.1. The molecule has 0 bridgehead atoms. The van der Waals surface area contributed by atoms with Gasteiger partial charge in [-0.15, -0.1) is 47.0 Å². The number of nitrogens with one attached hydrogen (secondary N) is 1. The molecule has 130 valence electrons. The molecule has 0 aromatic heterocycles. The summed E-state index contributed by atoms with van der Waals surface area (Å²) in [6.07, 6.45) is 0. The molecule has 0 spiro atoms. The number of thioether (sulfide) groups is 5. The Bertz CT molecular complexity index is 333. The number of hydrogen-bond acceptors (Lipinski definition) is 9. The van der Waals surface area contributed by atoms with Gasteiger partial charge in [0.1, 0.15) is 0 Å². The SMILES string of the molecule is CCS(=O)/C=N/CSCSCSCSCNC(=O)SCCO. The molecular formula is C11H22N2O3S6. The van der Waals surface area contributed by atoms with Crippen LogP contribution in [0, 0.1) is 0 Å². The highest BCUT2D eigenvalue weighted by atomic mass is 32.2. The van der Waals surface area contributed by atoms with E-state index in [-0.39, 0.29) is 11.8 Å². The highest BCUT2D eigenvalue weighted by Gasteiger charge is 2.00. The first kappa shape index (κ1) is 23.0. The third-order valence-electron chi connectivity index (χ3n) is 1.79. The van der Waals surface area contributed by atoms with E-state index in [0.29, 0.717) is 23.3 Å². The second-order valence-electron chi connectivity index (χ2n) is 3.44. The van der Waals surface area contributed by atoms with Crippen molar-refractivity contribution in [3.63, 3.8) is 0 Å². The lowest BCUT2D eigenvalue weighted by atomic mass is 10.9. The van der Waals surface area contributed by atoms with E-state index in [9.17, 15) is 9.00 Å². The minimum atomic E-state index is -0.909. The van der Waals surface area contributed by atoms with Crippen LogP contribution < -0.4 is 5.32 Å². The monoisotopic (exact) mass is 422 g/mol. The second kappa shape index (κ2) is 18.3. The van der Waals surface area contributed by atoms with E-state index in [1.807, 2.05) is 30.4 Å². The lowest BCUT2D eigenvalue weighted by Crippen LogP contribution is -2.18. The third-order valence-corrected chi connectivity index (χ3v) is 8.21. The van der Waals surface area contributed by atoms with E-state index in [4.69, 9.17) is 5.11 Å². The number of rotatable bonds is 14. The zero-order chi connectivity index (χ0) is 16.5. The first-order valence-corrected chi connectivity index (χ1v) is 13.4. The highest BCUT2D eigenvalue weighted by Crippen LogP contribution is 2.20. The summed E-state index contributed by atoms with van der Waals surface area (Å²) in [7, 11) is -0.909. The van der Waals surface area contributed by atoms with Crippen molar-refractivity contribution in [3.05, 3.63) is 0 Å². The number of aliphatic hydroxyl groups excluding tert-OH is 1. The lowest BCUT2D eigenvalue weighted by Gasteiger charge is -2.04. The molecule has 0 radical (unpaired) electrons. The van der Waals surface area contributed by atoms with Gasteiger partial charge in [-0.3, -0.25) is 14.0 Å². The van der Waals surface area contributed by atoms with E-state index in [0.717, 1.165) is 27.0 Å². The molecule has 1 atom stereocenters. The quantitative estimate of drug-likeness (QED) is 0.191. The summed E-state index contributed by atoms with van der Waals surface area (Å²) < 4.78 is 11.1. The fraction of sp³-hybridized carbons (Fsp3) is 0.818. The number of amides is 1. The number of aliphatic imine (C=N–C) groups is 1. The zero-order valence-electron chi connectivity index (χ0n) is 12.4. The van der Waals surface area contributed by atoms with Gasteiger partial charge >= 0.3 is 0 Å². The fourth-order valence-corrected chi connectivity index (χ4v) is 6.12. The lowest BCUT2D eigenvalue weighted by molar-refractivity contribution is 0.261. The van der Waals surface area contributed by atoms with Crippen molar-refractivity contribution in [1.29, 1.82) is 0 Å². The molecule has 0 aliphatic heterocycles. The zero-order valence-corrected chi connectivity index (χ0v) is 17.3. The fourth-order valence-electron chi connectivity index (χ4n) is 0.864. The van der Waals surface area contributed by atoms with E-state index >= 15 is 0 Å². The van der Waals surface area contributed by atoms with E-state index in [1.54, 1.807) is 23.5 Å². The summed E-state index contributed by atoms with van der Waals surface area (Å²) >= 11 is 8.15. The summed E-state index contributed by atoms with van der Waals surface area (Å²) in [5.74, 6) is 2.33. The van der Waals surface area contributed by atoms with Crippen molar-refractivity contribution < 1.29 is 14.1 Å². The summed E-state index contributed by atoms with van der Waals surface area (Å²) in [5.41, 5.74) is 1.52. The van der Waals surface area contributed by atoms with Gasteiger partial charge in [0, 0.05) is 26.8 Å². The van der Waals surface area contributed by atoms with Crippen molar-refractivity contribution in [1.82, 2.24) is 5.32 Å². The molecular weight excluding hydrogens is 401 g/mol. The van der Waals surface area contributed by atoms with Crippen molar-refractivity contribution in [2.24, 2.45) is 4.99 Å². The van der Waals surface area contributed by atoms with Crippen LogP contribution in [0.3, 0.4) is 0 Å². The standard InChI is InChI=1S/C11H22N2O3S6/c1-2-22(16)7-12-5-17-8-19-10-20-9-18-6-13-11(15)21-4-3-14/h7,14H,2-6,8-10H2,1H3,(H,13,15)/b12-7+. The van der Waals surface area contributed by atoms with Crippen LogP contribution in [-0.2, 0) is 10.8 Å². The van der Waals surface area contributed by atoms with Crippen LogP contribution in [0.5, 0.6) is 0 Å². The van der Waals surface area contributed by atoms with Gasteiger partial charge in [-0.2, -0.15) is 0 Å². The average Bonchev–Trinajstić information content (AvgIpc) is 2.53. The van der Waals surface area contributed by atoms with Crippen LogP contribution in [0.1, 0.15) is 6.92 Å². The maximum atomic E-state index is 11.2. The minimum Gasteiger partial charge on any atom is -0.396 e. The molecule has 5 nitrogen and oxygen atoms in total. The smallest absolute Gasteiger partial charge is 0.279 e. The number of aliphatic hydroxyl groups is 1. The van der Waals surface area contributed by atoms with Gasteiger partial charge in [0.25, 0.3) is 5.24 Å². The van der Waals surface area contributed by atoms with Gasteiger partial charge in [0.05, 0.1) is 34.7 Å². The summed E-state index contributed by atoms with van der Waals surface area (Å²) in [4.78, 5) is 15.3. The van der Waals surface area contributed by atoms with Crippen LogP contribution in [0.25, 0.3) is 0 Å². The minimum absolute atomic E-state index is 0.0259. The Balaban J connectivity index is 3.19. The number of carbonyl (C=O) groups is 1. The first-order valence-electron chi connectivity index (χ1n) is 6.40. The number of hydrogen-bond donors (Lipinski definition) is 2. The molecule has 0 heterocycles. The highest BCUT2D eigenvalue weighted by molar-refractivity contribution is 8.26. The van der Waals surface area contributed by atoms with Gasteiger partial charge in [-0.05, 0) is 0 Å². The van der Waals surface area contributed by atoms with Crippen molar-refractivity contribution in [3.8, 4) is 0 Å². The van der Waals surface area contributed by atoms with Crippen molar-refractivity contribution in [2.75, 3.05) is 45.1 Å². The molecule has 0 aliphatic carbocycles. The Morgan fingerprint density at radius 1 is 1.23 bits per heavy atom.